The van der Waals surface area contributed by atoms with Crippen LogP contribution in [0.25, 0.3) is 0 Å². The Labute approximate surface area is 183 Å². The summed E-state index contributed by atoms with van der Waals surface area (Å²) in [6, 6.07) is 12.3. The van der Waals surface area contributed by atoms with E-state index in [1.54, 1.807) is 36.0 Å². The van der Waals surface area contributed by atoms with Crippen LogP contribution >= 0.6 is 11.8 Å². The van der Waals surface area contributed by atoms with Crippen LogP contribution < -0.4 is 14.8 Å². The van der Waals surface area contributed by atoms with Gasteiger partial charge in [-0.05, 0) is 75.2 Å². The number of aryl methyl sites for hydroxylation is 1. The smallest absolute Gasteiger partial charge is 0.241 e. The molecule has 2 N–H and O–H groups in total. The lowest BCUT2D eigenvalue weighted by Crippen LogP contribution is -2.27. The number of amides is 1. The van der Waals surface area contributed by atoms with Gasteiger partial charge in [0.15, 0.2) is 0 Å². The number of carbonyl (C=O) groups is 1. The second-order valence-corrected chi connectivity index (χ2v) is 10.6. The summed E-state index contributed by atoms with van der Waals surface area (Å²) in [5, 5.41) is 3.20. The zero-order chi connectivity index (χ0) is 22.3. The molecule has 164 valence electrons. The van der Waals surface area contributed by atoms with E-state index in [4.69, 9.17) is 4.74 Å². The normalized spacial score (nSPS) is 12.5. The first-order valence-corrected chi connectivity index (χ1v) is 12.5. The molecule has 1 atom stereocenters. The van der Waals surface area contributed by atoms with E-state index in [9.17, 15) is 13.2 Å². The van der Waals surface area contributed by atoms with Crippen molar-refractivity contribution in [2.45, 2.75) is 57.3 Å². The maximum absolute atomic E-state index is 12.4. The molecule has 1 unspecified atom stereocenters. The Balaban J connectivity index is 1.96. The Morgan fingerprint density at radius 1 is 1.10 bits per heavy atom. The van der Waals surface area contributed by atoms with E-state index in [2.05, 4.69) is 23.9 Å². The molecule has 0 heterocycles. The largest absolute Gasteiger partial charge is 0.491 e. The fraction of sp³-hybridized carbons (Fsp3) is 0.409. The quantitative estimate of drug-likeness (QED) is 0.495. The lowest BCUT2D eigenvalue weighted by atomic mass is 10.2. The van der Waals surface area contributed by atoms with E-state index in [0.29, 0.717) is 22.4 Å². The van der Waals surface area contributed by atoms with Gasteiger partial charge in [0.1, 0.15) is 11.5 Å². The van der Waals surface area contributed by atoms with E-state index in [1.165, 1.54) is 0 Å². The van der Waals surface area contributed by atoms with Gasteiger partial charge in [0, 0.05) is 21.5 Å². The third kappa shape index (κ3) is 7.91. The molecule has 1 amide bonds. The summed E-state index contributed by atoms with van der Waals surface area (Å²) >= 11 is 1.77. The summed E-state index contributed by atoms with van der Waals surface area (Å²) in [6.45, 7) is 10.0. The second-order valence-electron chi connectivity index (χ2n) is 7.41. The molecule has 2 aromatic carbocycles. The predicted molar refractivity (Wildman–Crippen MR) is 125 cm³/mol. The molecule has 0 saturated heterocycles. The Hall–Kier alpha value is -2.19. The van der Waals surface area contributed by atoms with Gasteiger partial charge in [0.05, 0.1) is 6.10 Å². The highest BCUT2D eigenvalue weighted by molar-refractivity contribution is 8.00. The molecule has 0 saturated carbocycles. The lowest BCUT2D eigenvalue weighted by Gasteiger charge is -2.13. The summed E-state index contributed by atoms with van der Waals surface area (Å²) in [5.41, 5.74) is 1.88. The Kier molecular flexibility index (Phi) is 8.61. The number of hydrogen-bond acceptors (Lipinski definition) is 5. The zero-order valence-electron chi connectivity index (χ0n) is 18.1. The molecule has 0 spiro atoms. The second kappa shape index (κ2) is 10.7. The first-order valence-electron chi connectivity index (χ1n) is 9.92. The monoisotopic (exact) mass is 450 g/mol. The first-order chi connectivity index (χ1) is 14.1. The number of carbonyl (C=O) groups excluding carboxylic acids is 1. The highest BCUT2D eigenvalue weighted by Gasteiger charge is 2.17. The third-order valence-corrected chi connectivity index (χ3v) is 6.66. The third-order valence-electron chi connectivity index (χ3n) is 4.20. The summed E-state index contributed by atoms with van der Waals surface area (Å²) < 4.78 is 32.7. The van der Waals surface area contributed by atoms with Crippen molar-refractivity contribution in [3.63, 3.8) is 0 Å². The molecule has 30 heavy (non-hydrogen) atoms. The summed E-state index contributed by atoms with van der Waals surface area (Å²) in [7, 11) is -3.84. The van der Waals surface area contributed by atoms with Crippen LogP contribution in [0.4, 0.5) is 11.4 Å². The van der Waals surface area contributed by atoms with Crippen molar-refractivity contribution in [1.82, 2.24) is 0 Å². The van der Waals surface area contributed by atoms with E-state index in [1.807, 2.05) is 39.0 Å². The van der Waals surface area contributed by atoms with Crippen LogP contribution in [0.3, 0.4) is 0 Å². The molecule has 0 aliphatic rings. The van der Waals surface area contributed by atoms with Crippen LogP contribution in [0, 0.1) is 6.92 Å². The molecule has 0 aromatic heterocycles. The van der Waals surface area contributed by atoms with Gasteiger partial charge in [-0.25, -0.2) is 8.42 Å². The van der Waals surface area contributed by atoms with Gasteiger partial charge in [-0.15, -0.1) is 11.8 Å². The fourth-order valence-corrected chi connectivity index (χ4v) is 4.62. The summed E-state index contributed by atoms with van der Waals surface area (Å²) in [5.74, 6) is -0.608. The topological polar surface area (TPSA) is 84.5 Å². The van der Waals surface area contributed by atoms with Gasteiger partial charge in [0.25, 0.3) is 0 Å². The van der Waals surface area contributed by atoms with Crippen LogP contribution in [0.1, 0.15) is 39.7 Å². The van der Waals surface area contributed by atoms with Crippen LogP contribution in [0.2, 0.25) is 0 Å². The van der Waals surface area contributed by atoms with E-state index in [0.717, 1.165) is 16.9 Å². The highest BCUT2D eigenvalue weighted by atomic mass is 32.2. The Bertz CT molecular complexity index is 958. The maximum atomic E-state index is 12.4. The van der Waals surface area contributed by atoms with E-state index >= 15 is 0 Å². The van der Waals surface area contributed by atoms with Crippen LogP contribution in [-0.4, -0.2) is 31.4 Å². The molecule has 8 heteroatoms. The number of thioether (sulfide) groups is 1. The zero-order valence-corrected chi connectivity index (χ0v) is 19.7. The van der Waals surface area contributed by atoms with Crippen LogP contribution in [0.5, 0.6) is 5.75 Å². The lowest BCUT2D eigenvalue weighted by molar-refractivity contribution is -0.113. The molecule has 0 aliphatic carbocycles. The average Bonchev–Trinajstić information content (AvgIpc) is 2.64. The van der Waals surface area contributed by atoms with E-state index in [-0.39, 0.29) is 6.10 Å². The van der Waals surface area contributed by atoms with Gasteiger partial charge in [0.2, 0.25) is 15.9 Å². The van der Waals surface area contributed by atoms with Crippen LogP contribution in [-0.2, 0) is 14.8 Å². The number of ether oxygens (including phenoxy) is 1. The number of anilines is 2. The van der Waals surface area contributed by atoms with Crippen molar-refractivity contribution < 1.29 is 17.9 Å². The molecular weight excluding hydrogens is 420 g/mol. The molecule has 0 fully saturated rings. The Morgan fingerprint density at radius 2 is 1.77 bits per heavy atom. The molecule has 2 rings (SSSR count). The molecule has 0 aliphatic heterocycles. The van der Waals surface area contributed by atoms with Crippen molar-refractivity contribution in [3.05, 3.63) is 48.0 Å². The van der Waals surface area contributed by atoms with Gasteiger partial charge < -0.3 is 10.1 Å². The summed E-state index contributed by atoms with van der Waals surface area (Å²) in [6.07, 6.45) is 1.10. The van der Waals surface area contributed by atoms with Crippen molar-refractivity contribution in [3.8, 4) is 5.75 Å². The minimum Gasteiger partial charge on any atom is -0.491 e. The standard InChI is InChI=1S/C22H30N2O4S2/c1-6-17(5)29-20-11-12-21(16(4)13-20)23-22(25)14-30(26,27)24-18-7-9-19(10-8-18)28-15(2)3/h7-13,15,17,24H,6,14H2,1-5H3,(H,23,25). The Morgan fingerprint density at radius 3 is 2.33 bits per heavy atom. The first kappa shape index (κ1) is 24.1. The van der Waals surface area contributed by atoms with E-state index < -0.39 is 21.7 Å². The number of benzene rings is 2. The average molecular weight is 451 g/mol. The minimum absolute atomic E-state index is 0.0300. The summed E-state index contributed by atoms with van der Waals surface area (Å²) in [4.78, 5) is 13.4. The number of rotatable bonds is 10. The van der Waals surface area contributed by atoms with Crippen molar-refractivity contribution in [1.29, 1.82) is 0 Å². The molecular formula is C22H30N2O4S2. The SMILES string of the molecule is CCC(C)Sc1ccc(NC(=O)CS(=O)(=O)Nc2ccc(OC(C)C)cc2)c(C)c1. The minimum atomic E-state index is -3.84. The number of nitrogens with one attached hydrogen (secondary N) is 2. The van der Waals surface area contributed by atoms with Crippen LogP contribution in [0.15, 0.2) is 47.4 Å². The van der Waals surface area contributed by atoms with Crippen molar-refractivity contribution in [2.75, 3.05) is 15.8 Å². The van der Waals surface area contributed by atoms with Gasteiger partial charge in [-0.2, -0.15) is 0 Å². The fourth-order valence-electron chi connectivity index (χ4n) is 2.61. The predicted octanol–water partition coefficient (Wildman–Crippen LogP) is 5.05. The molecule has 0 bridgehead atoms. The maximum Gasteiger partial charge on any atom is 0.241 e. The molecule has 2 aromatic rings. The molecule has 6 nitrogen and oxygen atoms in total. The number of hydrogen-bond donors (Lipinski definition) is 2. The van der Waals surface area contributed by atoms with Gasteiger partial charge in [-0.3, -0.25) is 9.52 Å². The van der Waals surface area contributed by atoms with Crippen molar-refractivity contribution >= 4 is 39.1 Å². The number of sulfonamides is 1. The molecule has 0 radical (unpaired) electrons. The van der Waals surface area contributed by atoms with Crippen molar-refractivity contribution in [2.24, 2.45) is 0 Å². The van der Waals surface area contributed by atoms with Gasteiger partial charge in [-0.1, -0.05) is 13.8 Å². The highest BCUT2D eigenvalue weighted by Crippen LogP contribution is 2.28. The van der Waals surface area contributed by atoms with Gasteiger partial charge >= 0.3 is 0 Å².